The molecule has 0 unspecified atom stereocenters. The van der Waals surface area contributed by atoms with Gasteiger partial charge < -0.3 is 4.42 Å². The van der Waals surface area contributed by atoms with Gasteiger partial charge in [0.25, 0.3) is 0 Å². The SMILES string of the molecule is Cc1c(-c2cnc3c(c2)sc2c(C)nccc23)ccc2c1oc1c(-c3ccccc3)cccc12. The van der Waals surface area contributed by atoms with Crippen LogP contribution in [0.3, 0.4) is 0 Å². The van der Waals surface area contributed by atoms with Gasteiger partial charge in [0.2, 0.25) is 0 Å². The molecule has 162 valence electrons. The Bertz CT molecular complexity index is 1880. The zero-order chi connectivity index (χ0) is 22.8. The molecule has 0 aliphatic rings. The lowest BCUT2D eigenvalue weighted by Gasteiger charge is -2.06. The van der Waals surface area contributed by atoms with Gasteiger partial charge in [0.15, 0.2) is 0 Å². The van der Waals surface area contributed by atoms with Crippen molar-refractivity contribution in [2.75, 3.05) is 0 Å². The minimum atomic E-state index is 0.935. The number of pyridine rings is 2. The van der Waals surface area contributed by atoms with Crippen molar-refractivity contribution in [2.24, 2.45) is 0 Å². The molecular weight excluding hydrogens is 436 g/mol. The van der Waals surface area contributed by atoms with Gasteiger partial charge in [-0.05, 0) is 43.2 Å². The highest BCUT2D eigenvalue weighted by atomic mass is 32.1. The predicted octanol–water partition coefficient (Wildman–Crippen LogP) is 8.69. The molecule has 0 saturated heterocycles. The molecule has 0 amide bonds. The Morgan fingerprint density at radius 3 is 2.44 bits per heavy atom. The van der Waals surface area contributed by atoms with E-state index in [2.05, 4.69) is 85.6 Å². The zero-order valence-electron chi connectivity index (χ0n) is 18.8. The molecule has 0 spiro atoms. The van der Waals surface area contributed by atoms with Crippen molar-refractivity contribution in [3.63, 3.8) is 0 Å². The van der Waals surface area contributed by atoms with E-state index in [4.69, 9.17) is 9.40 Å². The number of furan rings is 1. The predicted molar refractivity (Wildman–Crippen MR) is 143 cm³/mol. The van der Waals surface area contributed by atoms with Gasteiger partial charge in [0, 0.05) is 45.2 Å². The summed E-state index contributed by atoms with van der Waals surface area (Å²) >= 11 is 1.76. The third kappa shape index (κ3) is 2.76. The van der Waals surface area contributed by atoms with E-state index in [1.165, 1.54) is 14.8 Å². The molecule has 0 saturated carbocycles. The minimum absolute atomic E-state index is 0.935. The van der Waals surface area contributed by atoms with E-state index in [1.807, 2.05) is 18.5 Å². The summed E-state index contributed by atoms with van der Waals surface area (Å²) in [4.78, 5) is 9.31. The van der Waals surface area contributed by atoms with Crippen molar-refractivity contribution < 1.29 is 4.42 Å². The van der Waals surface area contributed by atoms with E-state index >= 15 is 0 Å². The zero-order valence-corrected chi connectivity index (χ0v) is 19.6. The van der Waals surface area contributed by atoms with E-state index in [9.17, 15) is 0 Å². The summed E-state index contributed by atoms with van der Waals surface area (Å²) in [6, 6.07) is 25.5. The van der Waals surface area contributed by atoms with E-state index < -0.39 is 0 Å². The van der Waals surface area contributed by atoms with E-state index in [0.717, 1.165) is 61.0 Å². The van der Waals surface area contributed by atoms with Gasteiger partial charge in [-0.1, -0.05) is 54.6 Å². The number of hydrogen-bond donors (Lipinski definition) is 0. The number of hydrogen-bond acceptors (Lipinski definition) is 4. The van der Waals surface area contributed by atoms with Crippen LogP contribution >= 0.6 is 11.3 Å². The number of aryl methyl sites for hydroxylation is 2. The molecule has 4 heterocycles. The molecule has 0 N–H and O–H groups in total. The Morgan fingerprint density at radius 2 is 1.56 bits per heavy atom. The standard InChI is InChI=1S/C30H20N2OS/c1-17-21(20-15-26-27(32-16-20)25-13-14-31-18(2)30(25)34-26)11-12-24-23-10-6-9-22(29(23)33-28(17)24)19-7-4-3-5-8-19/h3-16H,1-2H3. The molecular formula is C30H20N2OS. The molecule has 7 rings (SSSR count). The van der Waals surface area contributed by atoms with Crippen LogP contribution in [-0.4, -0.2) is 9.97 Å². The van der Waals surface area contributed by atoms with Crippen molar-refractivity contribution in [1.82, 2.24) is 9.97 Å². The summed E-state index contributed by atoms with van der Waals surface area (Å²) < 4.78 is 8.94. The normalized spacial score (nSPS) is 11.8. The lowest BCUT2D eigenvalue weighted by molar-refractivity contribution is 0.667. The molecule has 34 heavy (non-hydrogen) atoms. The number of para-hydroxylation sites is 1. The van der Waals surface area contributed by atoms with Crippen LogP contribution in [0.1, 0.15) is 11.3 Å². The fraction of sp³-hybridized carbons (Fsp3) is 0.0667. The number of benzene rings is 3. The van der Waals surface area contributed by atoms with Crippen LogP contribution in [0.4, 0.5) is 0 Å². The quantitative estimate of drug-likeness (QED) is 0.261. The second-order valence-electron chi connectivity index (χ2n) is 8.71. The summed E-state index contributed by atoms with van der Waals surface area (Å²) in [6.07, 6.45) is 3.85. The van der Waals surface area contributed by atoms with Crippen LogP contribution in [0.5, 0.6) is 0 Å². The van der Waals surface area contributed by atoms with Crippen LogP contribution in [0.25, 0.3) is 64.5 Å². The van der Waals surface area contributed by atoms with E-state index in [0.29, 0.717) is 0 Å². The third-order valence-electron chi connectivity index (χ3n) is 6.71. The van der Waals surface area contributed by atoms with Crippen molar-refractivity contribution in [2.45, 2.75) is 13.8 Å². The van der Waals surface area contributed by atoms with Gasteiger partial charge in [0.1, 0.15) is 11.2 Å². The lowest BCUT2D eigenvalue weighted by Crippen LogP contribution is -1.86. The Hall–Kier alpha value is -4.02. The van der Waals surface area contributed by atoms with Crippen LogP contribution in [0, 0.1) is 13.8 Å². The second-order valence-corrected chi connectivity index (χ2v) is 9.76. The number of fused-ring (bicyclic) bond motifs is 6. The summed E-state index contributed by atoms with van der Waals surface area (Å²) in [5.41, 5.74) is 9.63. The average Bonchev–Trinajstić information content (AvgIpc) is 3.44. The number of rotatable bonds is 2. The Kier molecular flexibility index (Phi) is 4.14. The van der Waals surface area contributed by atoms with Crippen molar-refractivity contribution in [3.8, 4) is 22.3 Å². The fourth-order valence-electron chi connectivity index (χ4n) is 5.00. The molecule has 4 heteroatoms. The first-order chi connectivity index (χ1) is 16.7. The number of nitrogens with zero attached hydrogens (tertiary/aromatic N) is 2. The highest BCUT2D eigenvalue weighted by molar-refractivity contribution is 7.25. The smallest absolute Gasteiger partial charge is 0.143 e. The Labute approximate surface area is 200 Å². The molecule has 0 atom stereocenters. The average molecular weight is 457 g/mol. The first-order valence-electron chi connectivity index (χ1n) is 11.3. The lowest BCUT2D eigenvalue weighted by atomic mass is 9.98. The third-order valence-corrected chi connectivity index (χ3v) is 7.96. The molecule has 4 aromatic heterocycles. The highest BCUT2D eigenvalue weighted by Crippen LogP contribution is 2.41. The van der Waals surface area contributed by atoms with Gasteiger partial charge in [-0.2, -0.15) is 0 Å². The molecule has 0 aliphatic heterocycles. The molecule has 3 aromatic carbocycles. The molecule has 3 nitrogen and oxygen atoms in total. The maximum Gasteiger partial charge on any atom is 0.143 e. The molecule has 0 fully saturated rings. The summed E-state index contributed by atoms with van der Waals surface area (Å²) in [6.45, 7) is 4.20. The maximum atomic E-state index is 6.56. The topological polar surface area (TPSA) is 38.9 Å². The van der Waals surface area contributed by atoms with Crippen LogP contribution in [-0.2, 0) is 0 Å². The van der Waals surface area contributed by atoms with Crippen molar-refractivity contribution >= 4 is 53.6 Å². The first kappa shape index (κ1) is 19.4. The van der Waals surface area contributed by atoms with Crippen LogP contribution in [0.2, 0.25) is 0 Å². The highest BCUT2D eigenvalue weighted by Gasteiger charge is 2.17. The Balaban J connectivity index is 1.44. The summed E-state index contributed by atoms with van der Waals surface area (Å²) in [7, 11) is 0. The maximum absolute atomic E-state index is 6.56. The molecule has 0 radical (unpaired) electrons. The van der Waals surface area contributed by atoms with Crippen molar-refractivity contribution in [1.29, 1.82) is 0 Å². The van der Waals surface area contributed by atoms with Gasteiger partial charge in [-0.25, -0.2) is 0 Å². The van der Waals surface area contributed by atoms with Gasteiger partial charge >= 0.3 is 0 Å². The van der Waals surface area contributed by atoms with E-state index in [1.54, 1.807) is 11.3 Å². The van der Waals surface area contributed by atoms with Gasteiger partial charge in [0.05, 0.1) is 20.6 Å². The fourth-order valence-corrected chi connectivity index (χ4v) is 6.14. The van der Waals surface area contributed by atoms with Gasteiger partial charge in [-0.15, -0.1) is 11.3 Å². The molecule has 0 bridgehead atoms. The largest absolute Gasteiger partial charge is 0.455 e. The van der Waals surface area contributed by atoms with Crippen molar-refractivity contribution in [3.05, 3.63) is 96.4 Å². The minimum Gasteiger partial charge on any atom is -0.455 e. The van der Waals surface area contributed by atoms with E-state index in [-0.39, 0.29) is 0 Å². The second kappa shape index (κ2) is 7.24. The van der Waals surface area contributed by atoms with Crippen LogP contribution < -0.4 is 0 Å². The molecule has 0 aliphatic carbocycles. The number of aromatic nitrogens is 2. The Morgan fingerprint density at radius 1 is 0.706 bits per heavy atom. The van der Waals surface area contributed by atoms with Gasteiger partial charge in [-0.3, -0.25) is 9.97 Å². The summed E-state index contributed by atoms with van der Waals surface area (Å²) in [5.74, 6) is 0. The van der Waals surface area contributed by atoms with Crippen LogP contribution in [0.15, 0.2) is 89.6 Å². The monoisotopic (exact) mass is 456 g/mol. The first-order valence-corrected chi connectivity index (χ1v) is 12.2. The summed E-state index contributed by atoms with van der Waals surface area (Å²) in [5, 5.41) is 3.47. The number of thiophene rings is 1. The molecule has 7 aromatic rings.